The first-order chi connectivity index (χ1) is 9.74. The van der Waals surface area contributed by atoms with Crippen molar-refractivity contribution >= 4 is 17.7 Å². The molecule has 1 aromatic heterocycles. The van der Waals surface area contributed by atoms with Gasteiger partial charge in [-0.2, -0.15) is 11.8 Å². The average Bonchev–Trinajstić information content (AvgIpc) is 2.98. The predicted molar refractivity (Wildman–Crippen MR) is 79.3 cm³/mol. The predicted octanol–water partition coefficient (Wildman–Crippen LogP) is 1.76. The highest BCUT2D eigenvalue weighted by molar-refractivity contribution is 7.99. The van der Waals surface area contributed by atoms with Gasteiger partial charge in [0.15, 0.2) is 5.69 Å². The minimum absolute atomic E-state index is 0.0244. The number of carbonyl (C=O) groups excluding carboxylic acids is 1. The molecule has 0 aliphatic carbocycles. The number of hydrogen-bond donors (Lipinski definition) is 0. The monoisotopic (exact) mass is 288 g/mol. The van der Waals surface area contributed by atoms with Crippen LogP contribution in [0.2, 0.25) is 0 Å². The standard InChI is InChI=1S/C14H16N4OS/c1-11-2-4-12(5-3-11)18-10-13(15-16-18)14(19)17-6-8-20-9-7-17/h2-5,10H,6-9H2,1H3. The number of thioether (sulfide) groups is 1. The Morgan fingerprint density at radius 1 is 1.20 bits per heavy atom. The van der Waals surface area contributed by atoms with Crippen LogP contribution in [0.15, 0.2) is 30.5 Å². The largest absolute Gasteiger partial charge is 0.336 e. The molecule has 1 amide bonds. The molecule has 1 fully saturated rings. The number of nitrogens with zero attached hydrogens (tertiary/aromatic N) is 4. The van der Waals surface area contributed by atoms with Crippen molar-refractivity contribution in [2.24, 2.45) is 0 Å². The molecule has 2 heterocycles. The van der Waals surface area contributed by atoms with E-state index in [2.05, 4.69) is 10.3 Å². The molecule has 5 nitrogen and oxygen atoms in total. The summed E-state index contributed by atoms with van der Waals surface area (Å²) in [5.41, 5.74) is 2.52. The van der Waals surface area contributed by atoms with Crippen molar-refractivity contribution in [1.29, 1.82) is 0 Å². The fourth-order valence-electron chi connectivity index (χ4n) is 2.11. The molecule has 3 rings (SSSR count). The van der Waals surface area contributed by atoms with Crippen molar-refractivity contribution in [3.05, 3.63) is 41.7 Å². The van der Waals surface area contributed by atoms with E-state index in [0.29, 0.717) is 5.69 Å². The highest BCUT2D eigenvalue weighted by Gasteiger charge is 2.21. The molecule has 0 unspecified atom stereocenters. The number of carbonyl (C=O) groups is 1. The van der Waals surface area contributed by atoms with Crippen molar-refractivity contribution < 1.29 is 4.79 Å². The van der Waals surface area contributed by atoms with Gasteiger partial charge in [-0.05, 0) is 19.1 Å². The topological polar surface area (TPSA) is 51.0 Å². The molecule has 0 N–H and O–H groups in total. The van der Waals surface area contributed by atoms with Crippen LogP contribution in [0.5, 0.6) is 0 Å². The third-order valence-electron chi connectivity index (χ3n) is 3.31. The lowest BCUT2D eigenvalue weighted by Gasteiger charge is -2.25. The minimum atomic E-state index is -0.0244. The van der Waals surface area contributed by atoms with Gasteiger partial charge < -0.3 is 4.90 Å². The third kappa shape index (κ3) is 2.70. The zero-order chi connectivity index (χ0) is 13.9. The lowest BCUT2D eigenvalue weighted by atomic mass is 10.2. The summed E-state index contributed by atoms with van der Waals surface area (Å²) in [6.45, 7) is 3.62. The van der Waals surface area contributed by atoms with Crippen LogP contribution < -0.4 is 0 Å². The number of aryl methyl sites for hydroxylation is 1. The number of aromatic nitrogens is 3. The Morgan fingerprint density at radius 3 is 2.60 bits per heavy atom. The second kappa shape index (κ2) is 5.66. The van der Waals surface area contributed by atoms with Gasteiger partial charge in [-0.25, -0.2) is 4.68 Å². The van der Waals surface area contributed by atoms with E-state index in [4.69, 9.17) is 0 Å². The van der Waals surface area contributed by atoms with E-state index < -0.39 is 0 Å². The average molecular weight is 288 g/mol. The smallest absolute Gasteiger partial charge is 0.276 e. The summed E-state index contributed by atoms with van der Waals surface area (Å²) in [4.78, 5) is 14.1. The van der Waals surface area contributed by atoms with Crippen LogP contribution in [0.4, 0.5) is 0 Å². The number of amides is 1. The Hall–Kier alpha value is -1.82. The van der Waals surface area contributed by atoms with Gasteiger partial charge in [0, 0.05) is 24.6 Å². The zero-order valence-electron chi connectivity index (χ0n) is 11.3. The fourth-order valence-corrected chi connectivity index (χ4v) is 3.02. The molecule has 1 aliphatic rings. The second-order valence-electron chi connectivity index (χ2n) is 4.79. The van der Waals surface area contributed by atoms with Gasteiger partial charge in [-0.15, -0.1) is 5.10 Å². The van der Waals surface area contributed by atoms with E-state index in [1.165, 1.54) is 5.56 Å². The van der Waals surface area contributed by atoms with E-state index in [1.807, 2.05) is 47.9 Å². The molecule has 104 valence electrons. The summed E-state index contributed by atoms with van der Waals surface area (Å²) in [5, 5.41) is 8.05. The molecule has 2 aromatic rings. The second-order valence-corrected chi connectivity index (χ2v) is 6.01. The van der Waals surface area contributed by atoms with Gasteiger partial charge in [-0.3, -0.25) is 4.79 Å². The van der Waals surface area contributed by atoms with E-state index in [0.717, 1.165) is 30.3 Å². The van der Waals surface area contributed by atoms with E-state index >= 15 is 0 Å². The van der Waals surface area contributed by atoms with Gasteiger partial charge in [0.25, 0.3) is 5.91 Å². The lowest BCUT2D eigenvalue weighted by molar-refractivity contribution is 0.0766. The summed E-state index contributed by atoms with van der Waals surface area (Å²) in [5.74, 6) is 1.97. The molecule has 6 heteroatoms. The summed E-state index contributed by atoms with van der Waals surface area (Å²) in [6.07, 6.45) is 1.70. The van der Waals surface area contributed by atoms with Gasteiger partial charge in [-0.1, -0.05) is 22.9 Å². The third-order valence-corrected chi connectivity index (χ3v) is 4.25. The minimum Gasteiger partial charge on any atom is -0.336 e. The summed E-state index contributed by atoms with van der Waals surface area (Å²) in [7, 11) is 0. The SMILES string of the molecule is Cc1ccc(-n2cc(C(=O)N3CCSCC3)nn2)cc1. The maximum atomic E-state index is 12.3. The maximum Gasteiger partial charge on any atom is 0.276 e. The van der Waals surface area contributed by atoms with Crippen molar-refractivity contribution in [2.45, 2.75) is 6.92 Å². The van der Waals surface area contributed by atoms with E-state index in [9.17, 15) is 4.79 Å². The molecular weight excluding hydrogens is 272 g/mol. The maximum absolute atomic E-state index is 12.3. The van der Waals surface area contributed by atoms with Gasteiger partial charge in [0.1, 0.15) is 0 Å². The van der Waals surface area contributed by atoms with Crippen LogP contribution >= 0.6 is 11.8 Å². The molecule has 0 radical (unpaired) electrons. The molecule has 1 aliphatic heterocycles. The van der Waals surface area contributed by atoms with Crippen molar-refractivity contribution in [3.8, 4) is 5.69 Å². The van der Waals surface area contributed by atoms with Gasteiger partial charge in [0.05, 0.1) is 11.9 Å². The Morgan fingerprint density at radius 2 is 1.90 bits per heavy atom. The van der Waals surface area contributed by atoms with Crippen LogP contribution in [-0.2, 0) is 0 Å². The summed E-state index contributed by atoms with van der Waals surface area (Å²) >= 11 is 1.88. The molecule has 20 heavy (non-hydrogen) atoms. The molecule has 1 aromatic carbocycles. The first-order valence-electron chi connectivity index (χ1n) is 6.60. The molecular formula is C14H16N4OS. The van der Waals surface area contributed by atoms with Crippen LogP contribution in [0.3, 0.4) is 0 Å². The van der Waals surface area contributed by atoms with Crippen LogP contribution in [0, 0.1) is 6.92 Å². The van der Waals surface area contributed by atoms with Gasteiger partial charge >= 0.3 is 0 Å². The Bertz CT molecular complexity index is 602. The van der Waals surface area contributed by atoms with Crippen molar-refractivity contribution in [2.75, 3.05) is 24.6 Å². The Labute approximate surface area is 122 Å². The molecule has 0 bridgehead atoms. The first kappa shape index (κ1) is 13.2. The van der Waals surface area contributed by atoms with Crippen LogP contribution in [0.1, 0.15) is 16.1 Å². The van der Waals surface area contributed by atoms with Gasteiger partial charge in [0.2, 0.25) is 0 Å². The van der Waals surface area contributed by atoms with Crippen molar-refractivity contribution in [1.82, 2.24) is 19.9 Å². The first-order valence-corrected chi connectivity index (χ1v) is 7.76. The van der Waals surface area contributed by atoms with E-state index in [1.54, 1.807) is 10.9 Å². The Balaban J connectivity index is 1.79. The highest BCUT2D eigenvalue weighted by Crippen LogP contribution is 2.13. The zero-order valence-corrected chi connectivity index (χ0v) is 12.1. The number of benzene rings is 1. The summed E-state index contributed by atoms with van der Waals surface area (Å²) in [6, 6.07) is 7.96. The van der Waals surface area contributed by atoms with Crippen LogP contribution in [-0.4, -0.2) is 50.4 Å². The summed E-state index contributed by atoms with van der Waals surface area (Å²) < 4.78 is 1.64. The van der Waals surface area contributed by atoms with Crippen LogP contribution in [0.25, 0.3) is 5.69 Å². The Kier molecular flexibility index (Phi) is 3.73. The fraction of sp³-hybridized carbons (Fsp3) is 0.357. The molecule has 0 atom stereocenters. The van der Waals surface area contributed by atoms with Crippen molar-refractivity contribution in [3.63, 3.8) is 0 Å². The number of hydrogen-bond acceptors (Lipinski definition) is 4. The molecule has 0 spiro atoms. The quantitative estimate of drug-likeness (QED) is 0.845. The highest BCUT2D eigenvalue weighted by atomic mass is 32.2. The number of rotatable bonds is 2. The molecule has 1 saturated heterocycles. The normalized spacial score (nSPS) is 15.3. The van der Waals surface area contributed by atoms with E-state index in [-0.39, 0.29) is 5.91 Å². The lowest BCUT2D eigenvalue weighted by Crippen LogP contribution is -2.38. The molecule has 0 saturated carbocycles.